The fourth-order valence-corrected chi connectivity index (χ4v) is 2.88. The summed E-state index contributed by atoms with van der Waals surface area (Å²) in [6, 6.07) is 6.43. The summed E-state index contributed by atoms with van der Waals surface area (Å²) in [5.41, 5.74) is 0.519. The molecule has 142 valence electrons. The van der Waals surface area contributed by atoms with Gasteiger partial charge in [0.1, 0.15) is 5.75 Å². The third kappa shape index (κ3) is 5.91. The second kappa shape index (κ2) is 10.0. The van der Waals surface area contributed by atoms with Crippen LogP contribution >= 0.6 is 11.6 Å². The number of piperidine rings is 1. The molecule has 1 fully saturated rings. The lowest BCUT2D eigenvalue weighted by atomic mass is 10.0. The van der Waals surface area contributed by atoms with Crippen LogP contribution in [0, 0.1) is 0 Å². The van der Waals surface area contributed by atoms with E-state index in [0.29, 0.717) is 49.5 Å². The van der Waals surface area contributed by atoms with E-state index in [4.69, 9.17) is 21.1 Å². The maximum Gasteiger partial charge on any atom is 0.513 e. The molecule has 1 heterocycles. The van der Waals surface area contributed by atoms with Crippen LogP contribution in [-0.4, -0.2) is 54.5 Å². The molecule has 1 aromatic carbocycles. The number of amides is 2. The van der Waals surface area contributed by atoms with Crippen molar-refractivity contribution in [3.63, 3.8) is 0 Å². The van der Waals surface area contributed by atoms with Crippen LogP contribution in [-0.2, 0) is 9.53 Å². The van der Waals surface area contributed by atoms with Gasteiger partial charge in [-0.3, -0.25) is 9.59 Å². The van der Waals surface area contributed by atoms with Gasteiger partial charge in [0.25, 0.3) is 5.91 Å². The predicted molar refractivity (Wildman–Crippen MR) is 96.5 cm³/mol. The number of halogens is 1. The molecular formula is C18H23ClN2O5. The zero-order valence-corrected chi connectivity index (χ0v) is 15.5. The zero-order valence-electron chi connectivity index (χ0n) is 14.7. The fourth-order valence-electron chi connectivity index (χ4n) is 2.70. The number of hydrogen-bond acceptors (Lipinski definition) is 5. The van der Waals surface area contributed by atoms with Crippen molar-refractivity contribution in [2.24, 2.45) is 0 Å². The smallest absolute Gasteiger partial charge is 0.434 e. The molecular weight excluding hydrogens is 360 g/mol. The summed E-state index contributed by atoms with van der Waals surface area (Å²) >= 11 is 5.55. The number of hydrogen-bond donors (Lipinski definition) is 1. The van der Waals surface area contributed by atoms with Crippen LogP contribution in [0.2, 0.25) is 0 Å². The molecule has 1 aliphatic rings. The number of nitrogens with one attached hydrogen (secondary N) is 1. The Morgan fingerprint density at radius 3 is 2.42 bits per heavy atom. The SMILES string of the molecule is CCOC(=O)Oc1ccc(C(=O)N2CCC(NC(=O)CCCl)CC2)cc1. The maximum absolute atomic E-state index is 12.6. The fraction of sp³-hybridized carbons (Fsp3) is 0.500. The van der Waals surface area contributed by atoms with E-state index in [9.17, 15) is 14.4 Å². The molecule has 8 heteroatoms. The largest absolute Gasteiger partial charge is 0.513 e. The van der Waals surface area contributed by atoms with Crippen molar-refractivity contribution in [2.45, 2.75) is 32.2 Å². The second-order valence-electron chi connectivity index (χ2n) is 5.88. The van der Waals surface area contributed by atoms with Gasteiger partial charge in [0.2, 0.25) is 5.91 Å². The first-order chi connectivity index (χ1) is 12.5. The average molecular weight is 383 g/mol. The summed E-state index contributed by atoms with van der Waals surface area (Å²) in [4.78, 5) is 37.2. The normalized spacial score (nSPS) is 14.6. The number of carbonyl (C=O) groups is 3. The molecule has 1 N–H and O–H groups in total. The quantitative estimate of drug-likeness (QED) is 0.464. The number of ether oxygens (including phenoxy) is 2. The maximum atomic E-state index is 12.6. The molecule has 0 aliphatic carbocycles. The summed E-state index contributed by atoms with van der Waals surface area (Å²) < 4.78 is 9.67. The van der Waals surface area contributed by atoms with Crippen LogP contribution < -0.4 is 10.1 Å². The predicted octanol–water partition coefficient (Wildman–Crippen LogP) is 2.57. The van der Waals surface area contributed by atoms with Crippen LogP contribution in [0.4, 0.5) is 4.79 Å². The van der Waals surface area contributed by atoms with E-state index in [1.165, 1.54) is 0 Å². The standard InChI is InChI=1S/C18H23ClN2O5/c1-2-25-18(24)26-15-5-3-13(4-6-15)17(23)21-11-8-14(9-12-21)20-16(22)7-10-19/h3-6,14H,2,7-12H2,1H3,(H,20,22). The number of likely N-dealkylation sites (tertiary alicyclic amines) is 1. The van der Waals surface area contributed by atoms with E-state index < -0.39 is 6.16 Å². The summed E-state index contributed by atoms with van der Waals surface area (Å²) in [6.45, 7) is 3.07. The third-order valence-electron chi connectivity index (χ3n) is 4.03. The number of nitrogens with zero attached hydrogens (tertiary/aromatic N) is 1. The van der Waals surface area contributed by atoms with E-state index >= 15 is 0 Å². The molecule has 26 heavy (non-hydrogen) atoms. The Labute approximate surface area is 157 Å². The van der Waals surface area contributed by atoms with Crippen LogP contribution in [0.25, 0.3) is 0 Å². The van der Waals surface area contributed by atoms with E-state index in [2.05, 4.69) is 5.32 Å². The van der Waals surface area contributed by atoms with Gasteiger partial charge in [-0.05, 0) is 44.0 Å². The van der Waals surface area contributed by atoms with Crippen LogP contribution in [0.1, 0.15) is 36.5 Å². The van der Waals surface area contributed by atoms with E-state index in [1.807, 2.05) is 0 Å². The molecule has 2 amide bonds. The van der Waals surface area contributed by atoms with Crippen molar-refractivity contribution in [1.29, 1.82) is 0 Å². The molecule has 0 unspecified atom stereocenters. The molecule has 0 spiro atoms. The minimum atomic E-state index is -0.773. The number of benzene rings is 1. The lowest BCUT2D eigenvalue weighted by molar-refractivity contribution is -0.121. The highest BCUT2D eigenvalue weighted by molar-refractivity contribution is 6.18. The molecule has 7 nitrogen and oxygen atoms in total. The van der Waals surface area contributed by atoms with Crippen molar-refractivity contribution in [2.75, 3.05) is 25.6 Å². The molecule has 0 aromatic heterocycles. The van der Waals surface area contributed by atoms with Gasteiger partial charge in [-0.15, -0.1) is 11.6 Å². The second-order valence-corrected chi connectivity index (χ2v) is 6.26. The molecule has 0 radical (unpaired) electrons. The topological polar surface area (TPSA) is 84.9 Å². The minimum absolute atomic E-state index is 0.0537. The minimum Gasteiger partial charge on any atom is -0.434 e. The first kappa shape index (κ1) is 20.0. The van der Waals surface area contributed by atoms with Crippen molar-refractivity contribution < 1.29 is 23.9 Å². The Bertz CT molecular complexity index is 627. The molecule has 1 aliphatic heterocycles. The van der Waals surface area contributed by atoms with Crippen LogP contribution in [0.3, 0.4) is 0 Å². The van der Waals surface area contributed by atoms with Gasteiger partial charge in [0.05, 0.1) is 6.61 Å². The summed E-state index contributed by atoms with van der Waals surface area (Å²) in [6.07, 6.45) is 0.957. The van der Waals surface area contributed by atoms with Gasteiger partial charge < -0.3 is 19.7 Å². The summed E-state index contributed by atoms with van der Waals surface area (Å²) in [5.74, 6) is 0.486. The van der Waals surface area contributed by atoms with Crippen LogP contribution in [0.5, 0.6) is 5.75 Å². The molecule has 1 aromatic rings. The average Bonchev–Trinajstić information content (AvgIpc) is 2.63. The van der Waals surface area contributed by atoms with Crippen LogP contribution in [0.15, 0.2) is 24.3 Å². The van der Waals surface area contributed by atoms with Crippen molar-refractivity contribution in [3.8, 4) is 5.75 Å². The van der Waals surface area contributed by atoms with Crippen molar-refractivity contribution in [3.05, 3.63) is 29.8 Å². The highest BCUT2D eigenvalue weighted by atomic mass is 35.5. The van der Waals surface area contributed by atoms with Gasteiger partial charge in [-0.1, -0.05) is 0 Å². The van der Waals surface area contributed by atoms with Gasteiger partial charge in [-0.2, -0.15) is 0 Å². The zero-order chi connectivity index (χ0) is 18.9. The molecule has 2 rings (SSSR count). The Morgan fingerprint density at radius 2 is 1.85 bits per heavy atom. The number of alkyl halides is 1. The van der Waals surface area contributed by atoms with E-state index in [0.717, 1.165) is 0 Å². The number of carbonyl (C=O) groups excluding carboxylic acids is 3. The third-order valence-corrected chi connectivity index (χ3v) is 4.22. The lowest BCUT2D eigenvalue weighted by Gasteiger charge is -2.32. The Morgan fingerprint density at radius 1 is 1.19 bits per heavy atom. The lowest BCUT2D eigenvalue weighted by Crippen LogP contribution is -2.46. The van der Waals surface area contributed by atoms with Gasteiger partial charge >= 0.3 is 6.16 Å². The molecule has 1 saturated heterocycles. The van der Waals surface area contributed by atoms with E-state index in [-0.39, 0.29) is 24.5 Å². The summed E-state index contributed by atoms with van der Waals surface area (Å²) in [7, 11) is 0. The first-order valence-electron chi connectivity index (χ1n) is 8.62. The molecule has 0 atom stereocenters. The van der Waals surface area contributed by atoms with Crippen molar-refractivity contribution >= 4 is 29.6 Å². The molecule has 0 bridgehead atoms. The Balaban J connectivity index is 1.84. The highest BCUT2D eigenvalue weighted by Crippen LogP contribution is 2.17. The highest BCUT2D eigenvalue weighted by Gasteiger charge is 2.24. The van der Waals surface area contributed by atoms with Gasteiger partial charge in [0.15, 0.2) is 0 Å². The molecule has 0 saturated carbocycles. The monoisotopic (exact) mass is 382 g/mol. The van der Waals surface area contributed by atoms with Crippen molar-refractivity contribution in [1.82, 2.24) is 10.2 Å². The Kier molecular flexibility index (Phi) is 7.72. The number of rotatable bonds is 6. The summed E-state index contributed by atoms with van der Waals surface area (Å²) in [5, 5.41) is 2.93. The first-order valence-corrected chi connectivity index (χ1v) is 9.16. The van der Waals surface area contributed by atoms with Gasteiger partial charge in [0, 0.05) is 37.0 Å². The Hall–Kier alpha value is -2.28. The van der Waals surface area contributed by atoms with Gasteiger partial charge in [-0.25, -0.2) is 4.79 Å². The van der Waals surface area contributed by atoms with E-state index in [1.54, 1.807) is 36.1 Å².